The van der Waals surface area contributed by atoms with Crippen molar-refractivity contribution in [3.05, 3.63) is 58.6 Å². The van der Waals surface area contributed by atoms with Gasteiger partial charge in [0.25, 0.3) is 5.91 Å². The first kappa shape index (κ1) is 18.3. The number of nitrogens with zero attached hydrogens (tertiary/aromatic N) is 1. The number of benzene rings is 2. The van der Waals surface area contributed by atoms with Crippen LogP contribution in [0.4, 0.5) is 11.4 Å². The predicted molar refractivity (Wildman–Crippen MR) is 103 cm³/mol. The zero-order chi connectivity index (χ0) is 18.7. The number of carboxylic acids is 1. The largest absolute Gasteiger partial charge is 0.478 e. The Balaban J connectivity index is 1.82. The lowest BCUT2D eigenvalue weighted by Gasteiger charge is -2.33. The summed E-state index contributed by atoms with van der Waals surface area (Å²) in [6.07, 6.45) is 2.10. The second kappa shape index (κ2) is 7.79. The summed E-state index contributed by atoms with van der Waals surface area (Å²) in [5.74, 6) is -0.670. The fourth-order valence-corrected chi connectivity index (χ4v) is 3.33. The minimum absolute atomic E-state index is 0.198. The minimum Gasteiger partial charge on any atom is -0.478 e. The quantitative estimate of drug-likeness (QED) is 0.827. The maximum absolute atomic E-state index is 12.3. The van der Waals surface area contributed by atoms with Gasteiger partial charge >= 0.3 is 5.97 Å². The Morgan fingerprint density at radius 3 is 2.54 bits per heavy atom. The van der Waals surface area contributed by atoms with Crippen molar-refractivity contribution in [1.82, 2.24) is 0 Å². The Labute approximate surface area is 157 Å². The lowest BCUT2D eigenvalue weighted by atomic mass is 9.98. The topological polar surface area (TPSA) is 69.6 Å². The van der Waals surface area contributed by atoms with Crippen LogP contribution in [0.1, 0.15) is 40.5 Å². The van der Waals surface area contributed by atoms with E-state index in [1.54, 1.807) is 36.4 Å². The SMILES string of the molecule is CC1CCN(c2ccc(NC(=O)c3cccc(Cl)c3)cc2C(=O)O)CC1. The minimum atomic E-state index is -1.00. The molecule has 0 radical (unpaired) electrons. The first-order chi connectivity index (χ1) is 12.4. The normalized spacial score (nSPS) is 14.9. The molecule has 2 aromatic carbocycles. The molecule has 0 aromatic heterocycles. The summed E-state index contributed by atoms with van der Waals surface area (Å²) in [6.45, 7) is 3.90. The van der Waals surface area contributed by atoms with Gasteiger partial charge in [0.15, 0.2) is 0 Å². The van der Waals surface area contributed by atoms with Crippen LogP contribution in [-0.2, 0) is 0 Å². The van der Waals surface area contributed by atoms with Gasteiger partial charge in [-0.05, 0) is 55.2 Å². The molecule has 0 unspecified atom stereocenters. The van der Waals surface area contributed by atoms with E-state index in [2.05, 4.69) is 17.1 Å². The Kier molecular flexibility index (Phi) is 5.47. The van der Waals surface area contributed by atoms with Crippen LogP contribution in [0.3, 0.4) is 0 Å². The average molecular weight is 373 g/mol. The van der Waals surface area contributed by atoms with E-state index < -0.39 is 5.97 Å². The molecular weight excluding hydrogens is 352 g/mol. The number of anilines is 2. The molecule has 1 aliphatic heterocycles. The molecule has 0 aliphatic carbocycles. The van der Waals surface area contributed by atoms with Crippen molar-refractivity contribution in [2.75, 3.05) is 23.3 Å². The van der Waals surface area contributed by atoms with Crippen molar-refractivity contribution in [2.45, 2.75) is 19.8 Å². The van der Waals surface area contributed by atoms with E-state index in [0.29, 0.717) is 27.9 Å². The molecule has 2 aromatic rings. The van der Waals surface area contributed by atoms with Gasteiger partial charge in [-0.25, -0.2) is 4.79 Å². The summed E-state index contributed by atoms with van der Waals surface area (Å²) >= 11 is 5.91. The number of nitrogens with one attached hydrogen (secondary N) is 1. The number of carbonyl (C=O) groups is 2. The first-order valence-corrected chi connectivity index (χ1v) is 9.01. The molecule has 26 heavy (non-hydrogen) atoms. The van der Waals surface area contributed by atoms with Gasteiger partial charge in [-0.3, -0.25) is 4.79 Å². The zero-order valence-corrected chi connectivity index (χ0v) is 15.3. The molecule has 3 rings (SSSR count). The van der Waals surface area contributed by atoms with E-state index in [-0.39, 0.29) is 11.5 Å². The number of carbonyl (C=O) groups excluding carboxylic acids is 1. The number of carboxylic acid groups (broad SMARTS) is 1. The predicted octanol–water partition coefficient (Wildman–Crippen LogP) is 4.53. The maximum Gasteiger partial charge on any atom is 0.337 e. The van der Waals surface area contributed by atoms with Crippen LogP contribution in [0, 0.1) is 5.92 Å². The third kappa shape index (κ3) is 4.17. The molecule has 1 saturated heterocycles. The number of hydrogen-bond acceptors (Lipinski definition) is 3. The summed E-state index contributed by atoms with van der Waals surface area (Å²) in [5, 5.41) is 12.8. The average Bonchev–Trinajstić information content (AvgIpc) is 2.62. The Hall–Kier alpha value is -2.53. The van der Waals surface area contributed by atoms with Crippen molar-refractivity contribution < 1.29 is 14.7 Å². The number of hydrogen-bond donors (Lipinski definition) is 2. The third-order valence-corrected chi connectivity index (χ3v) is 4.93. The van der Waals surface area contributed by atoms with Gasteiger partial charge in [0.2, 0.25) is 0 Å². The van der Waals surface area contributed by atoms with Crippen LogP contribution < -0.4 is 10.2 Å². The monoisotopic (exact) mass is 372 g/mol. The summed E-state index contributed by atoms with van der Waals surface area (Å²) in [5.41, 5.74) is 1.76. The Bertz CT molecular complexity index is 830. The second-order valence-corrected chi connectivity index (χ2v) is 7.11. The van der Waals surface area contributed by atoms with Crippen LogP contribution in [0.5, 0.6) is 0 Å². The highest BCUT2D eigenvalue weighted by molar-refractivity contribution is 6.31. The maximum atomic E-state index is 12.3. The van der Waals surface area contributed by atoms with Crippen molar-refractivity contribution in [2.24, 2.45) is 5.92 Å². The highest BCUT2D eigenvalue weighted by Gasteiger charge is 2.21. The van der Waals surface area contributed by atoms with Gasteiger partial charge in [-0.1, -0.05) is 24.6 Å². The summed E-state index contributed by atoms with van der Waals surface area (Å²) in [7, 11) is 0. The first-order valence-electron chi connectivity index (χ1n) is 8.63. The van der Waals surface area contributed by atoms with E-state index in [9.17, 15) is 14.7 Å². The Morgan fingerprint density at radius 1 is 1.15 bits per heavy atom. The number of aromatic carboxylic acids is 1. The van der Waals surface area contributed by atoms with E-state index >= 15 is 0 Å². The van der Waals surface area contributed by atoms with E-state index in [0.717, 1.165) is 25.9 Å². The molecule has 1 amide bonds. The lowest BCUT2D eigenvalue weighted by Crippen LogP contribution is -2.33. The summed E-state index contributed by atoms with van der Waals surface area (Å²) in [6, 6.07) is 11.6. The van der Waals surface area contributed by atoms with Crippen LogP contribution >= 0.6 is 11.6 Å². The van der Waals surface area contributed by atoms with Gasteiger partial charge in [-0.2, -0.15) is 0 Å². The van der Waals surface area contributed by atoms with E-state index in [1.807, 2.05) is 0 Å². The molecule has 6 heteroatoms. The molecule has 1 aliphatic rings. The molecular formula is C20H21ClN2O3. The fraction of sp³-hybridized carbons (Fsp3) is 0.300. The smallest absolute Gasteiger partial charge is 0.337 e. The highest BCUT2D eigenvalue weighted by atomic mass is 35.5. The van der Waals surface area contributed by atoms with Gasteiger partial charge in [-0.15, -0.1) is 0 Å². The molecule has 5 nitrogen and oxygen atoms in total. The van der Waals surface area contributed by atoms with Crippen LogP contribution in [0.25, 0.3) is 0 Å². The zero-order valence-electron chi connectivity index (χ0n) is 14.5. The van der Waals surface area contributed by atoms with Gasteiger partial charge in [0.05, 0.1) is 11.3 Å². The van der Waals surface area contributed by atoms with Crippen molar-refractivity contribution in [3.63, 3.8) is 0 Å². The highest BCUT2D eigenvalue weighted by Crippen LogP contribution is 2.29. The van der Waals surface area contributed by atoms with Gasteiger partial charge in [0.1, 0.15) is 0 Å². The molecule has 2 N–H and O–H groups in total. The second-order valence-electron chi connectivity index (χ2n) is 6.67. The van der Waals surface area contributed by atoms with Crippen molar-refractivity contribution >= 4 is 34.9 Å². The van der Waals surface area contributed by atoms with Crippen molar-refractivity contribution in [1.29, 1.82) is 0 Å². The van der Waals surface area contributed by atoms with Crippen molar-refractivity contribution in [3.8, 4) is 0 Å². The lowest BCUT2D eigenvalue weighted by molar-refractivity contribution is 0.0697. The van der Waals surface area contributed by atoms with Crippen LogP contribution in [0.2, 0.25) is 5.02 Å². The third-order valence-electron chi connectivity index (χ3n) is 4.70. The van der Waals surface area contributed by atoms with E-state index in [4.69, 9.17) is 11.6 Å². The molecule has 0 spiro atoms. The molecule has 136 valence electrons. The Morgan fingerprint density at radius 2 is 1.88 bits per heavy atom. The fourth-order valence-electron chi connectivity index (χ4n) is 3.14. The molecule has 1 fully saturated rings. The molecule has 0 atom stereocenters. The standard InChI is InChI=1S/C20H21ClN2O3/c1-13-7-9-23(10-8-13)18-6-5-16(12-17(18)20(25)26)22-19(24)14-3-2-4-15(21)11-14/h2-6,11-13H,7-10H2,1H3,(H,22,24)(H,25,26). The number of amides is 1. The van der Waals surface area contributed by atoms with Crippen LogP contribution in [0.15, 0.2) is 42.5 Å². The molecule has 0 saturated carbocycles. The van der Waals surface area contributed by atoms with Crippen LogP contribution in [-0.4, -0.2) is 30.1 Å². The van der Waals surface area contributed by atoms with Gasteiger partial charge < -0.3 is 15.3 Å². The number of halogens is 1. The summed E-state index contributed by atoms with van der Waals surface area (Å²) in [4.78, 5) is 26.2. The van der Waals surface area contributed by atoms with E-state index in [1.165, 1.54) is 6.07 Å². The molecule has 0 bridgehead atoms. The summed E-state index contributed by atoms with van der Waals surface area (Å²) < 4.78 is 0. The molecule has 1 heterocycles. The number of piperidine rings is 1. The number of rotatable bonds is 4. The van der Waals surface area contributed by atoms with Gasteiger partial charge in [0, 0.05) is 29.4 Å².